The summed E-state index contributed by atoms with van der Waals surface area (Å²) in [6.07, 6.45) is 0. The molecule has 2 rings (SSSR count). The minimum Gasteiger partial charge on any atom is -0.508 e. The summed E-state index contributed by atoms with van der Waals surface area (Å²) < 4.78 is 0. The van der Waals surface area contributed by atoms with Crippen LogP contribution in [0, 0.1) is 10.1 Å². The number of anilines is 2. The third kappa shape index (κ3) is 3.83. The summed E-state index contributed by atoms with van der Waals surface area (Å²) >= 11 is 5.87. The Bertz CT molecular complexity index is 706. The number of non-ortho nitro benzene ring substituents is 1. The Morgan fingerprint density at radius 1 is 1.19 bits per heavy atom. The van der Waals surface area contributed by atoms with Gasteiger partial charge in [0.15, 0.2) is 0 Å². The minimum absolute atomic E-state index is 0.00109. The van der Waals surface area contributed by atoms with E-state index in [1.807, 2.05) is 0 Å². The highest BCUT2D eigenvalue weighted by atomic mass is 35.5. The third-order valence-corrected chi connectivity index (χ3v) is 2.84. The van der Waals surface area contributed by atoms with Crippen LogP contribution in [0.3, 0.4) is 0 Å². The smallest absolute Gasteiger partial charge is 0.323 e. The van der Waals surface area contributed by atoms with E-state index in [0.29, 0.717) is 5.69 Å². The van der Waals surface area contributed by atoms with Gasteiger partial charge in [-0.05, 0) is 18.2 Å². The van der Waals surface area contributed by atoms with Crippen LogP contribution in [0.5, 0.6) is 5.75 Å². The first-order valence-corrected chi connectivity index (χ1v) is 6.14. The number of urea groups is 1. The molecule has 7 nitrogen and oxygen atoms in total. The lowest BCUT2D eigenvalue weighted by molar-refractivity contribution is -0.384. The molecule has 108 valence electrons. The van der Waals surface area contributed by atoms with Crippen LogP contribution in [0.1, 0.15) is 0 Å². The van der Waals surface area contributed by atoms with Crippen molar-refractivity contribution in [2.24, 2.45) is 0 Å². The molecule has 0 bridgehead atoms. The van der Waals surface area contributed by atoms with E-state index >= 15 is 0 Å². The highest BCUT2D eigenvalue weighted by Gasteiger charge is 2.12. The molecule has 0 aliphatic rings. The summed E-state index contributed by atoms with van der Waals surface area (Å²) in [6.45, 7) is 0. The predicted octanol–water partition coefficient (Wildman–Crippen LogP) is 3.60. The van der Waals surface area contributed by atoms with Gasteiger partial charge in [-0.1, -0.05) is 17.7 Å². The van der Waals surface area contributed by atoms with E-state index < -0.39 is 11.0 Å². The second-order valence-corrected chi connectivity index (χ2v) is 4.46. The molecule has 2 aromatic rings. The van der Waals surface area contributed by atoms with Gasteiger partial charge in [0.1, 0.15) is 5.75 Å². The molecule has 0 aliphatic carbocycles. The molecule has 0 heterocycles. The number of carbonyl (C=O) groups excluding carboxylic acids is 1. The number of nitro groups is 1. The summed E-state index contributed by atoms with van der Waals surface area (Å²) in [5.74, 6) is 0.00109. The highest BCUT2D eigenvalue weighted by molar-refractivity contribution is 6.33. The minimum atomic E-state index is -0.636. The van der Waals surface area contributed by atoms with Gasteiger partial charge in [0.25, 0.3) is 5.69 Å². The van der Waals surface area contributed by atoms with Crippen LogP contribution in [0.2, 0.25) is 5.02 Å². The largest absolute Gasteiger partial charge is 0.508 e. The number of phenols is 1. The zero-order valence-corrected chi connectivity index (χ0v) is 11.3. The number of benzene rings is 2. The van der Waals surface area contributed by atoms with E-state index in [9.17, 15) is 20.0 Å². The van der Waals surface area contributed by atoms with Gasteiger partial charge in [0.05, 0.1) is 15.6 Å². The van der Waals surface area contributed by atoms with E-state index in [-0.39, 0.29) is 22.1 Å². The monoisotopic (exact) mass is 307 g/mol. The number of hydrogen-bond acceptors (Lipinski definition) is 4. The van der Waals surface area contributed by atoms with E-state index in [1.54, 1.807) is 12.1 Å². The first-order chi connectivity index (χ1) is 9.95. The number of nitrogens with one attached hydrogen (secondary N) is 2. The number of phenolic OH excluding ortho intramolecular Hbond substituents is 1. The first-order valence-electron chi connectivity index (χ1n) is 5.76. The first kappa shape index (κ1) is 14.6. The number of nitrogens with zero attached hydrogens (tertiary/aromatic N) is 1. The quantitative estimate of drug-likeness (QED) is 0.595. The molecular formula is C13H10ClN3O4. The van der Waals surface area contributed by atoms with Crippen LogP contribution < -0.4 is 10.6 Å². The molecule has 0 saturated carbocycles. The van der Waals surface area contributed by atoms with Crippen molar-refractivity contribution in [1.82, 2.24) is 0 Å². The van der Waals surface area contributed by atoms with E-state index in [2.05, 4.69) is 10.6 Å². The summed E-state index contributed by atoms with van der Waals surface area (Å²) in [5.41, 5.74) is 0.296. The predicted molar refractivity (Wildman–Crippen MR) is 78.9 cm³/mol. The fourth-order valence-electron chi connectivity index (χ4n) is 1.59. The van der Waals surface area contributed by atoms with Crippen molar-refractivity contribution in [3.63, 3.8) is 0 Å². The van der Waals surface area contributed by atoms with Crippen molar-refractivity contribution < 1.29 is 14.8 Å². The normalized spacial score (nSPS) is 9.95. The summed E-state index contributed by atoms with van der Waals surface area (Å²) in [4.78, 5) is 21.9. The molecule has 8 heteroatoms. The standard InChI is InChI=1S/C13H10ClN3O4/c14-11-5-4-9(17(20)21)7-12(11)16-13(19)15-8-2-1-3-10(18)6-8/h1-7,18H,(H2,15,16,19). The fourth-order valence-corrected chi connectivity index (χ4v) is 1.76. The maximum absolute atomic E-state index is 11.8. The van der Waals surface area contributed by atoms with E-state index in [1.165, 1.54) is 24.3 Å². The van der Waals surface area contributed by atoms with Crippen LogP contribution in [-0.4, -0.2) is 16.1 Å². The van der Waals surface area contributed by atoms with Crippen molar-refractivity contribution in [3.8, 4) is 5.75 Å². The number of aromatic hydroxyl groups is 1. The Morgan fingerprint density at radius 2 is 1.95 bits per heavy atom. The van der Waals surface area contributed by atoms with Crippen molar-refractivity contribution in [2.75, 3.05) is 10.6 Å². The maximum Gasteiger partial charge on any atom is 0.323 e. The van der Waals surface area contributed by atoms with Crippen molar-refractivity contribution in [3.05, 3.63) is 57.6 Å². The van der Waals surface area contributed by atoms with Gasteiger partial charge in [-0.25, -0.2) is 4.79 Å². The summed E-state index contributed by atoms with van der Waals surface area (Å²) in [5, 5.41) is 25.0. The van der Waals surface area contributed by atoms with Crippen molar-refractivity contribution in [2.45, 2.75) is 0 Å². The average Bonchev–Trinajstić information content (AvgIpc) is 2.41. The zero-order chi connectivity index (χ0) is 15.4. The molecular weight excluding hydrogens is 298 g/mol. The van der Waals surface area contributed by atoms with Crippen LogP contribution in [0.15, 0.2) is 42.5 Å². The molecule has 2 aromatic carbocycles. The second kappa shape index (κ2) is 6.10. The molecule has 0 spiro atoms. The molecule has 0 radical (unpaired) electrons. The SMILES string of the molecule is O=C(Nc1cccc(O)c1)Nc1cc([N+](=O)[O-])ccc1Cl. The van der Waals surface area contributed by atoms with Gasteiger partial charge < -0.3 is 15.7 Å². The molecule has 21 heavy (non-hydrogen) atoms. The van der Waals surface area contributed by atoms with Crippen molar-refractivity contribution >= 4 is 34.7 Å². The molecule has 2 amide bonds. The van der Waals surface area contributed by atoms with Crippen LogP contribution >= 0.6 is 11.6 Å². The molecule has 0 fully saturated rings. The van der Waals surface area contributed by atoms with Gasteiger partial charge in [0, 0.05) is 23.9 Å². The highest BCUT2D eigenvalue weighted by Crippen LogP contribution is 2.27. The van der Waals surface area contributed by atoms with Crippen LogP contribution in [0.25, 0.3) is 0 Å². The molecule has 0 atom stereocenters. The number of hydrogen-bond donors (Lipinski definition) is 3. The Labute approximate surface area is 124 Å². The van der Waals surface area contributed by atoms with Gasteiger partial charge in [-0.2, -0.15) is 0 Å². The lowest BCUT2D eigenvalue weighted by Crippen LogP contribution is -2.19. The average molecular weight is 308 g/mol. The Hall–Kier alpha value is -2.80. The van der Waals surface area contributed by atoms with Gasteiger partial charge >= 0.3 is 6.03 Å². The molecule has 0 aliphatic heterocycles. The molecule has 0 saturated heterocycles. The maximum atomic E-state index is 11.8. The van der Waals surface area contributed by atoms with E-state index in [4.69, 9.17) is 11.6 Å². The summed E-state index contributed by atoms with van der Waals surface area (Å²) in [7, 11) is 0. The number of nitro benzene ring substituents is 1. The lowest BCUT2D eigenvalue weighted by Gasteiger charge is -2.09. The molecule has 0 unspecified atom stereocenters. The Balaban J connectivity index is 2.12. The van der Waals surface area contributed by atoms with Gasteiger partial charge in [-0.3, -0.25) is 10.1 Å². The Morgan fingerprint density at radius 3 is 2.62 bits per heavy atom. The van der Waals surface area contributed by atoms with Gasteiger partial charge in [-0.15, -0.1) is 0 Å². The topological polar surface area (TPSA) is 104 Å². The zero-order valence-electron chi connectivity index (χ0n) is 10.5. The molecule has 3 N–H and O–H groups in total. The summed E-state index contributed by atoms with van der Waals surface area (Å²) in [6, 6.07) is 9.03. The van der Waals surface area contributed by atoms with Crippen LogP contribution in [-0.2, 0) is 0 Å². The van der Waals surface area contributed by atoms with Gasteiger partial charge in [0.2, 0.25) is 0 Å². The Kier molecular flexibility index (Phi) is 4.24. The lowest BCUT2D eigenvalue weighted by atomic mass is 10.3. The second-order valence-electron chi connectivity index (χ2n) is 4.05. The fraction of sp³-hybridized carbons (Fsp3) is 0. The third-order valence-electron chi connectivity index (χ3n) is 2.51. The van der Waals surface area contributed by atoms with Crippen molar-refractivity contribution in [1.29, 1.82) is 0 Å². The number of halogens is 1. The number of carbonyl (C=O) groups is 1. The van der Waals surface area contributed by atoms with Crippen LogP contribution in [0.4, 0.5) is 21.9 Å². The number of amides is 2. The molecule has 0 aromatic heterocycles. The van der Waals surface area contributed by atoms with E-state index in [0.717, 1.165) is 6.07 Å². The number of rotatable bonds is 3.